The van der Waals surface area contributed by atoms with Crippen LogP contribution >= 0.6 is 0 Å². The molecule has 0 radical (unpaired) electrons. The predicted octanol–water partition coefficient (Wildman–Crippen LogP) is 2.83. The molecule has 0 bridgehead atoms. The smallest absolute Gasteiger partial charge is 0.323 e. The van der Waals surface area contributed by atoms with Crippen LogP contribution in [0.4, 0.5) is 15.0 Å². The molecule has 2 aromatic rings. The van der Waals surface area contributed by atoms with Gasteiger partial charge in [0.2, 0.25) is 0 Å². The molecule has 1 aliphatic heterocycles. The zero-order valence-electron chi connectivity index (χ0n) is 11.9. The third kappa shape index (κ3) is 3.23. The number of morpholine rings is 1. The van der Waals surface area contributed by atoms with Gasteiger partial charge in [0.05, 0.1) is 25.5 Å². The maximum absolute atomic E-state index is 12.9. The number of ether oxygens (including phenoxy) is 1. The molecule has 0 unspecified atom stereocenters. The van der Waals surface area contributed by atoms with Crippen molar-refractivity contribution >= 4 is 11.8 Å². The number of benzene rings is 1. The summed E-state index contributed by atoms with van der Waals surface area (Å²) in [5.74, 6) is -0.115. The van der Waals surface area contributed by atoms with E-state index in [2.05, 4.69) is 10.3 Å². The van der Waals surface area contributed by atoms with Crippen LogP contribution in [-0.2, 0) is 4.74 Å². The van der Waals surface area contributed by atoms with Crippen LogP contribution in [0.2, 0.25) is 0 Å². The van der Waals surface area contributed by atoms with Gasteiger partial charge in [0.25, 0.3) is 0 Å². The molecule has 0 aliphatic carbocycles. The third-order valence-electron chi connectivity index (χ3n) is 3.54. The molecule has 3 rings (SSSR count). The van der Waals surface area contributed by atoms with Crippen LogP contribution in [0.5, 0.6) is 0 Å². The minimum Gasteiger partial charge on any atom is -0.377 e. The number of pyridine rings is 1. The standard InChI is InChI=1S/C16H16FN3O2/c17-13-6-7-15(18-10-13)19-16(21)20-8-9-22-11-14(20)12-4-2-1-3-5-12/h1-7,10,14H,8-9,11H2,(H,18,19,21)/t14-/m1/s1. The van der Waals surface area contributed by atoms with E-state index in [1.165, 1.54) is 12.1 Å². The van der Waals surface area contributed by atoms with E-state index in [1.54, 1.807) is 4.90 Å². The summed E-state index contributed by atoms with van der Waals surface area (Å²) in [6.45, 7) is 1.44. The zero-order chi connectivity index (χ0) is 15.4. The highest BCUT2D eigenvalue weighted by atomic mass is 19.1. The largest absolute Gasteiger partial charge is 0.377 e. The van der Waals surface area contributed by atoms with Gasteiger partial charge >= 0.3 is 6.03 Å². The van der Waals surface area contributed by atoms with Crippen LogP contribution in [0.25, 0.3) is 0 Å². The van der Waals surface area contributed by atoms with Crippen molar-refractivity contribution < 1.29 is 13.9 Å². The highest BCUT2D eigenvalue weighted by Gasteiger charge is 2.28. The van der Waals surface area contributed by atoms with Crippen molar-refractivity contribution in [2.75, 3.05) is 25.1 Å². The molecule has 5 nitrogen and oxygen atoms in total. The molecule has 2 heterocycles. The van der Waals surface area contributed by atoms with Gasteiger partial charge in [-0.25, -0.2) is 14.2 Å². The summed E-state index contributed by atoms with van der Waals surface area (Å²) in [6, 6.07) is 12.0. The van der Waals surface area contributed by atoms with Gasteiger partial charge in [0, 0.05) is 6.54 Å². The van der Waals surface area contributed by atoms with Crippen molar-refractivity contribution in [1.29, 1.82) is 0 Å². The highest BCUT2D eigenvalue weighted by molar-refractivity contribution is 5.88. The molecule has 0 spiro atoms. The number of aromatic nitrogens is 1. The third-order valence-corrected chi connectivity index (χ3v) is 3.54. The Morgan fingerprint density at radius 2 is 2.09 bits per heavy atom. The quantitative estimate of drug-likeness (QED) is 0.928. The van der Waals surface area contributed by atoms with Gasteiger partial charge in [-0.15, -0.1) is 0 Å². The molecule has 2 amide bonds. The summed E-state index contributed by atoms with van der Waals surface area (Å²) < 4.78 is 18.4. The summed E-state index contributed by atoms with van der Waals surface area (Å²) in [6.07, 6.45) is 1.07. The van der Waals surface area contributed by atoms with E-state index in [-0.39, 0.29) is 12.1 Å². The van der Waals surface area contributed by atoms with Gasteiger partial charge in [-0.2, -0.15) is 0 Å². The maximum atomic E-state index is 12.9. The average molecular weight is 301 g/mol. The lowest BCUT2D eigenvalue weighted by molar-refractivity contribution is 0.0147. The van der Waals surface area contributed by atoms with Gasteiger partial charge in [-0.3, -0.25) is 5.32 Å². The van der Waals surface area contributed by atoms with Gasteiger partial charge in [-0.1, -0.05) is 30.3 Å². The van der Waals surface area contributed by atoms with E-state index in [1.807, 2.05) is 30.3 Å². The molecular formula is C16H16FN3O2. The lowest BCUT2D eigenvalue weighted by Crippen LogP contribution is -2.45. The molecule has 1 aromatic carbocycles. The molecule has 114 valence electrons. The normalized spacial score (nSPS) is 18.0. The molecule has 1 fully saturated rings. The molecule has 1 saturated heterocycles. The second kappa shape index (κ2) is 6.53. The van der Waals surface area contributed by atoms with Crippen LogP contribution < -0.4 is 5.32 Å². The number of hydrogen-bond acceptors (Lipinski definition) is 3. The van der Waals surface area contributed by atoms with E-state index in [4.69, 9.17) is 4.74 Å². The number of rotatable bonds is 2. The Morgan fingerprint density at radius 3 is 2.82 bits per heavy atom. The zero-order valence-corrected chi connectivity index (χ0v) is 11.9. The lowest BCUT2D eigenvalue weighted by Gasteiger charge is -2.35. The van der Waals surface area contributed by atoms with Gasteiger partial charge in [0.15, 0.2) is 0 Å². The van der Waals surface area contributed by atoms with Crippen molar-refractivity contribution in [2.24, 2.45) is 0 Å². The Labute approximate surface area is 127 Å². The first-order valence-corrected chi connectivity index (χ1v) is 7.06. The number of nitrogens with zero attached hydrogens (tertiary/aromatic N) is 2. The van der Waals surface area contributed by atoms with E-state index in [0.717, 1.165) is 11.8 Å². The van der Waals surface area contributed by atoms with Crippen LogP contribution in [0.15, 0.2) is 48.7 Å². The SMILES string of the molecule is O=C(Nc1ccc(F)cn1)N1CCOC[C@@H]1c1ccccc1. The fraction of sp³-hybridized carbons (Fsp3) is 0.250. The first-order chi connectivity index (χ1) is 10.7. The first kappa shape index (κ1) is 14.5. The highest BCUT2D eigenvalue weighted by Crippen LogP contribution is 2.24. The van der Waals surface area contributed by atoms with Crippen molar-refractivity contribution in [3.05, 3.63) is 60.0 Å². The van der Waals surface area contributed by atoms with Gasteiger partial charge in [0.1, 0.15) is 11.6 Å². The number of anilines is 1. The fourth-order valence-corrected chi connectivity index (χ4v) is 2.43. The van der Waals surface area contributed by atoms with Crippen LogP contribution in [0, 0.1) is 5.82 Å². The van der Waals surface area contributed by atoms with Crippen LogP contribution in [0.1, 0.15) is 11.6 Å². The Balaban J connectivity index is 1.75. The van der Waals surface area contributed by atoms with Gasteiger partial charge < -0.3 is 9.64 Å². The molecular weight excluding hydrogens is 285 g/mol. The molecule has 6 heteroatoms. The van der Waals surface area contributed by atoms with E-state index in [9.17, 15) is 9.18 Å². The molecule has 0 saturated carbocycles. The number of amides is 2. The van der Waals surface area contributed by atoms with Crippen molar-refractivity contribution in [1.82, 2.24) is 9.88 Å². The minimum atomic E-state index is -0.438. The lowest BCUT2D eigenvalue weighted by atomic mass is 10.1. The summed E-state index contributed by atoms with van der Waals surface area (Å²) in [4.78, 5) is 18.0. The monoisotopic (exact) mass is 301 g/mol. The second-order valence-electron chi connectivity index (χ2n) is 4.99. The van der Waals surface area contributed by atoms with Crippen molar-refractivity contribution in [2.45, 2.75) is 6.04 Å². The maximum Gasteiger partial charge on any atom is 0.323 e. The van der Waals surface area contributed by atoms with E-state index < -0.39 is 5.82 Å². The number of hydrogen-bond donors (Lipinski definition) is 1. The predicted molar refractivity (Wildman–Crippen MR) is 79.9 cm³/mol. The Morgan fingerprint density at radius 1 is 1.27 bits per heavy atom. The topological polar surface area (TPSA) is 54.5 Å². The first-order valence-electron chi connectivity index (χ1n) is 7.06. The van der Waals surface area contributed by atoms with Crippen LogP contribution in [0.3, 0.4) is 0 Å². The van der Waals surface area contributed by atoms with E-state index in [0.29, 0.717) is 25.6 Å². The Hall–Kier alpha value is -2.47. The second-order valence-corrected chi connectivity index (χ2v) is 4.99. The molecule has 1 atom stereocenters. The number of nitrogens with one attached hydrogen (secondary N) is 1. The summed E-state index contributed by atoms with van der Waals surface area (Å²) in [5.41, 5.74) is 1.02. The van der Waals surface area contributed by atoms with Crippen molar-refractivity contribution in [3.8, 4) is 0 Å². The summed E-state index contributed by atoms with van der Waals surface area (Å²) in [7, 11) is 0. The Bertz CT molecular complexity index is 634. The molecule has 1 aromatic heterocycles. The van der Waals surface area contributed by atoms with Crippen molar-refractivity contribution in [3.63, 3.8) is 0 Å². The number of carbonyl (C=O) groups is 1. The number of urea groups is 1. The van der Waals surface area contributed by atoms with Crippen LogP contribution in [-0.4, -0.2) is 35.7 Å². The van der Waals surface area contributed by atoms with Gasteiger partial charge in [-0.05, 0) is 17.7 Å². The Kier molecular flexibility index (Phi) is 4.29. The summed E-state index contributed by atoms with van der Waals surface area (Å²) >= 11 is 0. The molecule has 1 N–H and O–H groups in total. The average Bonchev–Trinajstić information content (AvgIpc) is 2.58. The van der Waals surface area contributed by atoms with E-state index >= 15 is 0 Å². The summed E-state index contributed by atoms with van der Waals surface area (Å²) in [5, 5.41) is 2.69. The fourth-order valence-electron chi connectivity index (χ4n) is 2.43. The number of halogens is 1. The molecule has 22 heavy (non-hydrogen) atoms. The number of carbonyl (C=O) groups excluding carboxylic acids is 1. The molecule has 1 aliphatic rings. The minimum absolute atomic E-state index is 0.143.